The van der Waals surface area contributed by atoms with Crippen LogP contribution in [0, 0.1) is 11.3 Å². The van der Waals surface area contributed by atoms with E-state index in [2.05, 4.69) is 20.9 Å². The lowest BCUT2D eigenvalue weighted by Gasteiger charge is -2.13. The molecule has 0 aliphatic heterocycles. The van der Waals surface area contributed by atoms with Gasteiger partial charge in [0.15, 0.2) is 0 Å². The Morgan fingerprint density at radius 1 is 0.960 bits per heavy atom. The molecular formula is C16H9BrF6N2. The molecule has 9 heteroatoms. The van der Waals surface area contributed by atoms with Gasteiger partial charge >= 0.3 is 12.4 Å². The van der Waals surface area contributed by atoms with E-state index in [1.807, 2.05) is 0 Å². The number of nitriles is 1. The smallest absolute Gasteiger partial charge is 0.264 e. The van der Waals surface area contributed by atoms with Crippen LogP contribution in [0.5, 0.6) is 0 Å². The van der Waals surface area contributed by atoms with Crippen LogP contribution in [0.3, 0.4) is 0 Å². The standard InChI is InChI=1S/C16H9BrF6N2/c17-14-5-10(11(6-24)4-13(14)16(21,22)23)2-1-9-3-12(8-25-7-9)15(18,19)20/h3-5,7-8H,1-2H2. The number of rotatable bonds is 3. The molecule has 0 unspecified atom stereocenters. The van der Waals surface area contributed by atoms with Gasteiger partial charge in [-0.05, 0) is 42.2 Å². The van der Waals surface area contributed by atoms with Gasteiger partial charge in [0.1, 0.15) is 0 Å². The van der Waals surface area contributed by atoms with Gasteiger partial charge in [-0.1, -0.05) is 15.9 Å². The van der Waals surface area contributed by atoms with Crippen LogP contribution in [-0.4, -0.2) is 4.98 Å². The van der Waals surface area contributed by atoms with Crippen LogP contribution < -0.4 is 0 Å². The van der Waals surface area contributed by atoms with Crippen LogP contribution in [0.25, 0.3) is 0 Å². The highest BCUT2D eigenvalue weighted by Crippen LogP contribution is 2.36. The lowest BCUT2D eigenvalue weighted by atomic mass is 9.98. The summed E-state index contributed by atoms with van der Waals surface area (Å²) in [6, 6.07) is 4.51. The maximum absolute atomic E-state index is 12.8. The quantitative estimate of drug-likeness (QED) is 0.609. The number of aromatic nitrogens is 1. The number of alkyl halides is 6. The largest absolute Gasteiger partial charge is 0.417 e. The Bertz CT molecular complexity index is 821. The monoisotopic (exact) mass is 422 g/mol. The van der Waals surface area contributed by atoms with E-state index in [9.17, 15) is 26.3 Å². The minimum atomic E-state index is -4.62. The first-order valence-corrected chi connectivity index (χ1v) is 7.62. The second-order valence-corrected chi connectivity index (χ2v) is 6.03. The second-order valence-electron chi connectivity index (χ2n) is 5.18. The minimum Gasteiger partial charge on any atom is -0.264 e. The topological polar surface area (TPSA) is 36.7 Å². The molecule has 1 heterocycles. The van der Waals surface area contributed by atoms with E-state index in [0.29, 0.717) is 11.8 Å². The van der Waals surface area contributed by atoms with Crippen molar-refractivity contribution in [1.29, 1.82) is 5.26 Å². The van der Waals surface area contributed by atoms with Crippen LogP contribution in [0.2, 0.25) is 0 Å². The summed E-state index contributed by atoms with van der Waals surface area (Å²) >= 11 is 2.82. The molecule has 0 saturated carbocycles. The predicted octanol–water partition coefficient (Wildman–Crippen LogP) is 5.54. The molecule has 2 rings (SSSR count). The third-order valence-electron chi connectivity index (χ3n) is 3.42. The number of pyridine rings is 1. The lowest BCUT2D eigenvalue weighted by molar-refractivity contribution is -0.138. The minimum absolute atomic E-state index is 0.0998. The number of halogens is 7. The number of nitrogens with zero attached hydrogens (tertiary/aromatic N) is 2. The summed E-state index contributed by atoms with van der Waals surface area (Å²) in [6.07, 6.45) is -7.00. The van der Waals surface area contributed by atoms with Crippen molar-refractivity contribution in [3.63, 3.8) is 0 Å². The first-order valence-electron chi connectivity index (χ1n) is 6.83. The Labute approximate surface area is 147 Å². The Morgan fingerprint density at radius 2 is 1.64 bits per heavy atom. The molecule has 1 aromatic heterocycles. The fraction of sp³-hybridized carbons (Fsp3) is 0.250. The Balaban J connectivity index is 2.27. The van der Waals surface area contributed by atoms with Crippen LogP contribution in [-0.2, 0) is 25.2 Å². The van der Waals surface area contributed by atoms with E-state index in [-0.39, 0.29) is 28.4 Å². The van der Waals surface area contributed by atoms with Gasteiger partial charge in [-0.25, -0.2) is 0 Å². The number of hydrogen-bond acceptors (Lipinski definition) is 2. The molecule has 0 radical (unpaired) electrons. The van der Waals surface area contributed by atoms with Gasteiger partial charge in [0.05, 0.1) is 22.8 Å². The van der Waals surface area contributed by atoms with Gasteiger partial charge in [0, 0.05) is 16.9 Å². The normalized spacial score (nSPS) is 12.1. The molecule has 0 bridgehead atoms. The lowest BCUT2D eigenvalue weighted by Crippen LogP contribution is -2.09. The van der Waals surface area contributed by atoms with Gasteiger partial charge < -0.3 is 0 Å². The average molecular weight is 423 g/mol. The highest BCUT2D eigenvalue weighted by atomic mass is 79.9. The van der Waals surface area contributed by atoms with Crippen molar-refractivity contribution in [3.8, 4) is 6.07 Å². The van der Waals surface area contributed by atoms with Crippen LogP contribution in [0.15, 0.2) is 35.1 Å². The average Bonchev–Trinajstić information content (AvgIpc) is 2.51. The maximum Gasteiger partial charge on any atom is 0.417 e. The second kappa shape index (κ2) is 7.04. The van der Waals surface area contributed by atoms with Crippen LogP contribution >= 0.6 is 15.9 Å². The molecule has 2 nitrogen and oxygen atoms in total. The van der Waals surface area contributed by atoms with E-state index < -0.39 is 23.5 Å². The molecule has 2 aromatic rings. The molecule has 25 heavy (non-hydrogen) atoms. The molecule has 0 atom stereocenters. The Morgan fingerprint density at radius 3 is 2.20 bits per heavy atom. The first kappa shape index (κ1) is 19.2. The zero-order valence-corrected chi connectivity index (χ0v) is 13.9. The number of hydrogen-bond donors (Lipinski definition) is 0. The third-order valence-corrected chi connectivity index (χ3v) is 4.08. The fourth-order valence-corrected chi connectivity index (χ4v) is 2.82. The summed E-state index contributed by atoms with van der Waals surface area (Å²) in [5.74, 6) is 0. The number of benzene rings is 1. The third kappa shape index (κ3) is 4.72. The molecule has 0 fully saturated rings. The van der Waals surface area contributed by atoms with E-state index in [1.165, 1.54) is 12.3 Å². The van der Waals surface area contributed by atoms with Gasteiger partial charge in [0.2, 0.25) is 0 Å². The molecule has 132 valence electrons. The molecule has 0 N–H and O–H groups in total. The zero-order chi connectivity index (χ0) is 18.8. The van der Waals surface area contributed by atoms with E-state index in [4.69, 9.17) is 5.26 Å². The molecular weight excluding hydrogens is 414 g/mol. The first-order chi connectivity index (χ1) is 11.5. The molecule has 0 amide bonds. The van der Waals surface area contributed by atoms with Crippen molar-refractivity contribution in [1.82, 2.24) is 4.98 Å². The summed E-state index contributed by atoms with van der Waals surface area (Å²) in [7, 11) is 0. The summed E-state index contributed by atoms with van der Waals surface area (Å²) < 4.78 is 76.3. The molecule has 0 saturated heterocycles. The molecule has 0 aliphatic carbocycles. The fourth-order valence-electron chi connectivity index (χ4n) is 2.20. The maximum atomic E-state index is 12.8. The van der Waals surface area contributed by atoms with Gasteiger partial charge in [0.25, 0.3) is 0 Å². The van der Waals surface area contributed by atoms with Crippen LogP contribution in [0.4, 0.5) is 26.3 Å². The Hall–Kier alpha value is -2.08. The SMILES string of the molecule is N#Cc1cc(C(F)(F)F)c(Br)cc1CCc1cncc(C(F)(F)F)c1. The molecule has 0 spiro atoms. The zero-order valence-electron chi connectivity index (χ0n) is 12.3. The molecule has 1 aromatic carbocycles. The van der Waals surface area contributed by atoms with E-state index in [1.54, 1.807) is 6.07 Å². The van der Waals surface area contributed by atoms with Crippen LogP contribution in [0.1, 0.15) is 27.8 Å². The molecule has 0 aliphatic rings. The summed E-state index contributed by atoms with van der Waals surface area (Å²) in [4.78, 5) is 3.53. The van der Waals surface area contributed by atoms with Gasteiger partial charge in [-0.15, -0.1) is 0 Å². The van der Waals surface area contributed by atoms with Crippen molar-refractivity contribution in [2.45, 2.75) is 25.2 Å². The van der Waals surface area contributed by atoms with Crippen molar-refractivity contribution >= 4 is 15.9 Å². The highest BCUT2D eigenvalue weighted by Gasteiger charge is 2.34. The predicted molar refractivity (Wildman–Crippen MR) is 80.5 cm³/mol. The summed E-state index contributed by atoms with van der Waals surface area (Å²) in [5, 5.41) is 9.05. The van der Waals surface area contributed by atoms with Crippen molar-refractivity contribution in [2.75, 3.05) is 0 Å². The summed E-state index contributed by atoms with van der Waals surface area (Å²) in [5.41, 5.74) is -1.47. The van der Waals surface area contributed by atoms with Gasteiger partial charge in [-0.3, -0.25) is 4.98 Å². The van der Waals surface area contributed by atoms with E-state index >= 15 is 0 Å². The van der Waals surface area contributed by atoms with Gasteiger partial charge in [-0.2, -0.15) is 31.6 Å². The number of aryl methyl sites for hydroxylation is 2. The summed E-state index contributed by atoms with van der Waals surface area (Å²) in [6.45, 7) is 0. The van der Waals surface area contributed by atoms with Crippen molar-refractivity contribution < 1.29 is 26.3 Å². The van der Waals surface area contributed by atoms with Crippen molar-refractivity contribution in [2.24, 2.45) is 0 Å². The Kier molecular flexibility index (Phi) is 5.42. The van der Waals surface area contributed by atoms with E-state index in [0.717, 1.165) is 12.1 Å². The van der Waals surface area contributed by atoms with Crippen molar-refractivity contribution in [3.05, 3.63) is 62.9 Å². The highest BCUT2D eigenvalue weighted by molar-refractivity contribution is 9.10.